The Morgan fingerprint density at radius 1 is 1.88 bits per heavy atom. The molecular weight excluding hydrogens is 100 g/mol. The molecule has 0 heterocycles. The van der Waals surface area contributed by atoms with Gasteiger partial charge in [0, 0.05) is 6.42 Å². The summed E-state index contributed by atoms with van der Waals surface area (Å²) in [7, 11) is 0. The van der Waals surface area contributed by atoms with Crippen LogP contribution in [0.5, 0.6) is 0 Å². The molecule has 1 rings (SSSR count). The van der Waals surface area contributed by atoms with Gasteiger partial charge in [0.05, 0.1) is 5.76 Å². The van der Waals surface area contributed by atoms with Crippen molar-refractivity contribution in [2.24, 2.45) is 5.92 Å². The van der Waals surface area contributed by atoms with Crippen LogP contribution >= 0.6 is 0 Å². The van der Waals surface area contributed by atoms with Gasteiger partial charge in [-0.25, -0.2) is 0 Å². The summed E-state index contributed by atoms with van der Waals surface area (Å²) in [5.41, 5.74) is 0. The minimum absolute atomic E-state index is 0.594. The lowest BCUT2D eigenvalue weighted by Gasteiger charge is -1.96. The van der Waals surface area contributed by atoms with Gasteiger partial charge in [0.1, 0.15) is 0 Å². The normalized spacial score (nSPS) is 28.1. The number of hydrogen-bond acceptors (Lipinski definition) is 1. The van der Waals surface area contributed by atoms with E-state index in [1.807, 2.05) is 6.08 Å². The van der Waals surface area contributed by atoms with Crippen LogP contribution < -0.4 is 0 Å². The van der Waals surface area contributed by atoms with E-state index in [1.165, 1.54) is 6.42 Å². The number of aliphatic hydroxyl groups is 1. The van der Waals surface area contributed by atoms with Crippen molar-refractivity contribution in [2.75, 3.05) is 0 Å². The van der Waals surface area contributed by atoms with Crippen molar-refractivity contribution in [3.05, 3.63) is 11.8 Å². The maximum Gasteiger partial charge on any atom is 0.0885 e. The first-order valence-electron chi connectivity index (χ1n) is 3.22. The van der Waals surface area contributed by atoms with E-state index in [-0.39, 0.29) is 0 Å². The molecule has 0 amide bonds. The minimum Gasteiger partial charge on any atom is -0.513 e. The molecule has 0 unspecified atom stereocenters. The van der Waals surface area contributed by atoms with Crippen molar-refractivity contribution in [1.82, 2.24) is 0 Å². The Balaban J connectivity index is 2.41. The summed E-state index contributed by atoms with van der Waals surface area (Å²) in [5, 5.41) is 8.89. The lowest BCUT2D eigenvalue weighted by atomic mass is 10.1. The summed E-state index contributed by atoms with van der Waals surface area (Å²) in [6, 6.07) is 0. The Bertz CT molecular complexity index is 105. The third-order valence-corrected chi connectivity index (χ3v) is 1.72. The largest absolute Gasteiger partial charge is 0.513 e. The van der Waals surface area contributed by atoms with Gasteiger partial charge in [-0.3, -0.25) is 0 Å². The van der Waals surface area contributed by atoms with Crippen molar-refractivity contribution >= 4 is 0 Å². The summed E-state index contributed by atoms with van der Waals surface area (Å²) in [4.78, 5) is 0. The number of hydrogen-bond donors (Lipinski definition) is 1. The maximum absolute atomic E-state index is 8.89. The lowest BCUT2D eigenvalue weighted by Crippen LogP contribution is -1.84. The Labute approximate surface area is 50.0 Å². The van der Waals surface area contributed by atoms with Crippen LogP contribution in [0.3, 0.4) is 0 Å². The van der Waals surface area contributed by atoms with E-state index in [9.17, 15) is 0 Å². The fourth-order valence-corrected chi connectivity index (χ4v) is 1.09. The molecule has 1 atom stereocenters. The Morgan fingerprint density at radius 3 is 2.88 bits per heavy atom. The number of allylic oxidation sites excluding steroid dienone is 2. The summed E-state index contributed by atoms with van der Waals surface area (Å²) in [5.74, 6) is 1.26. The van der Waals surface area contributed by atoms with Crippen LogP contribution in [0.2, 0.25) is 0 Å². The van der Waals surface area contributed by atoms with Crippen molar-refractivity contribution in [3.63, 3.8) is 0 Å². The van der Waals surface area contributed by atoms with Gasteiger partial charge < -0.3 is 5.11 Å². The molecule has 0 spiro atoms. The zero-order valence-corrected chi connectivity index (χ0v) is 5.22. The van der Waals surface area contributed by atoms with Gasteiger partial charge >= 0.3 is 0 Å². The van der Waals surface area contributed by atoms with Crippen LogP contribution in [-0.2, 0) is 0 Å². The third kappa shape index (κ3) is 1.03. The predicted octanol–water partition coefficient (Wildman–Crippen LogP) is 2.25. The SMILES string of the molecule is CC[C@H]1C=C(O)CC1. The highest BCUT2D eigenvalue weighted by Crippen LogP contribution is 2.23. The third-order valence-electron chi connectivity index (χ3n) is 1.72. The standard InChI is InChI=1S/C7H12O/c1-2-6-3-4-7(8)5-6/h5-6,8H,2-4H2,1H3/t6-/m1/s1. The maximum atomic E-state index is 8.89. The van der Waals surface area contributed by atoms with Crippen LogP contribution in [0.1, 0.15) is 26.2 Å². The first-order valence-corrected chi connectivity index (χ1v) is 3.22. The molecule has 1 N–H and O–H groups in total. The molecule has 0 bridgehead atoms. The molecule has 1 aliphatic rings. The van der Waals surface area contributed by atoms with Gasteiger partial charge in [-0.05, 0) is 24.8 Å². The topological polar surface area (TPSA) is 20.2 Å². The quantitative estimate of drug-likeness (QED) is 0.551. The zero-order chi connectivity index (χ0) is 5.98. The van der Waals surface area contributed by atoms with Gasteiger partial charge in [0.15, 0.2) is 0 Å². The summed E-state index contributed by atoms with van der Waals surface area (Å²) in [6.45, 7) is 2.15. The molecule has 46 valence electrons. The van der Waals surface area contributed by atoms with Gasteiger partial charge in [-0.2, -0.15) is 0 Å². The molecule has 0 aliphatic heterocycles. The fraction of sp³-hybridized carbons (Fsp3) is 0.714. The van der Waals surface area contributed by atoms with Crippen LogP contribution in [0.25, 0.3) is 0 Å². The second-order valence-corrected chi connectivity index (χ2v) is 2.37. The van der Waals surface area contributed by atoms with Crippen molar-refractivity contribution in [2.45, 2.75) is 26.2 Å². The second kappa shape index (κ2) is 2.21. The molecular formula is C7H12O. The van der Waals surface area contributed by atoms with Gasteiger partial charge in [-0.15, -0.1) is 0 Å². The van der Waals surface area contributed by atoms with E-state index in [0.717, 1.165) is 12.8 Å². The van der Waals surface area contributed by atoms with Crippen molar-refractivity contribution in [3.8, 4) is 0 Å². The lowest BCUT2D eigenvalue weighted by molar-refractivity contribution is 0.396. The fourth-order valence-electron chi connectivity index (χ4n) is 1.09. The highest BCUT2D eigenvalue weighted by molar-refractivity contribution is 5.02. The molecule has 0 fully saturated rings. The van der Waals surface area contributed by atoms with E-state index >= 15 is 0 Å². The molecule has 0 aromatic heterocycles. The molecule has 0 aromatic carbocycles. The van der Waals surface area contributed by atoms with Gasteiger partial charge in [0.25, 0.3) is 0 Å². The molecule has 0 aromatic rings. The van der Waals surface area contributed by atoms with E-state index in [4.69, 9.17) is 5.11 Å². The highest BCUT2D eigenvalue weighted by atomic mass is 16.3. The average Bonchev–Trinajstić information content (AvgIpc) is 2.14. The van der Waals surface area contributed by atoms with Crippen LogP contribution in [0.4, 0.5) is 0 Å². The van der Waals surface area contributed by atoms with Gasteiger partial charge in [-0.1, -0.05) is 6.92 Å². The minimum atomic E-state index is 0.594. The zero-order valence-electron chi connectivity index (χ0n) is 5.22. The molecule has 8 heavy (non-hydrogen) atoms. The van der Waals surface area contributed by atoms with Crippen LogP contribution in [-0.4, -0.2) is 5.11 Å². The highest BCUT2D eigenvalue weighted by Gasteiger charge is 2.11. The monoisotopic (exact) mass is 112 g/mol. The number of aliphatic hydroxyl groups excluding tert-OH is 1. The predicted molar refractivity (Wildman–Crippen MR) is 33.7 cm³/mol. The average molecular weight is 112 g/mol. The Morgan fingerprint density at radius 2 is 2.62 bits per heavy atom. The smallest absolute Gasteiger partial charge is 0.0885 e. The molecule has 1 nitrogen and oxygen atoms in total. The number of rotatable bonds is 1. The molecule has 0 radical (unpaired) electrons. The first-order chi connectivity index (χ1) is 3.83. The second-order valence-electron chi connectivity index (χ2n) is 2.37. The summed E-state index contributed by atoms with van der Waals surface area (Å²) >= 11 is 0. The summed E-state index contributed by atoms with van der Waals surface area (Å²) in [6.07, 6.45) is 5.20. The first kappa shape index (κ1) is 5.67. The van der Waals surface area contributed by atoms with Crippen molar-refractivity contribution < 1.29 is 5.11 Å². The molecule has 1 aliphatic carbocycles. The Kier molecular flexibility index (Phi) is 1.56. The van der Waals surface area contributed by atoms with E-state index < -0.39 is 0 Å². The molecule has 0 saturated carbocycles. The van der Waals surface area contributed by atoms with E-state index in [0.29, 0.717) is 11.7 Å². The Hall–Kier alpha value is -0.460. The van der Waals surface area contributed by atoms with Crippen LogP contribution in [0, 0.1) is 5.92 Å². The van der Waals surface area contributed by atoms with E-state index in [1.54, 1.807) is 0 Å². The van der Waals surface area contributed by atoms with Gasteiger partial charge in [0.2, 0.25) is 0 Å². The molecule has 0 saturated heterocycles. The van der Waals surface area contributed by atoms with E-state index in [2.05, 4.69) is 6.92 Å². The van der Waals surface area contributed by atoms with Crippen LogP contribution in [0.15, 0.2) is 11.8 Å². The molecule has 1 heteroatoms. The summed E-state index contributed by atoms with van der Waals surface area (Å²) < 4.78 is 0. The van der Waals surface area contributed by atoms with Crippen molar-refractivity contribution in [1.29, 1.82) is 0 Å².